The first-order valence-electron chi connectivity index (χ1n) is 4.61. The van der Waals surface area contributed by atoms with Crippen molar-refractivity contribution in [2.24, 2.45) is 0 Å². The van der Waals surface area contributed by atoms with Crippen LogP contribution in [-0.2, 0) is 12.6 Å². The fourth-order valence-corrected chi connectivity index (χ4v) is 1.76. The number of carbonyl (C=O) groups is 1. The molecule has 86 valence electrons. The van der Waals surface area contributed by atoms with Gasteiger partial charge in [0.2, 0.25) is 0 Å². The molecule has 1 aromatic rings. The van der Waals surface area contributed by atoms with Crippen molar-refractivity contribution in [2.45, 2.75) is 12.6 Å². The summed E-state index contributed by atoms with van der Waals surface area (Å²) in [5, 5.41) is 11.6. The first-order valence-corrected chi connectivity index (χ1v) is 4.61. The van der Waals surface area contributed by atoms with E-state index in [1.807, 2.05) is 0 Å². The van der Waals surface area contributed by atoms with Gasteiger partial charge in [0, 0.05) is 12.2 Å². The molecule has 0 atom stereocenters. The SMILES string of the molecule is O=C(O)c1cc2c(cc1C(F)(F)F)CCN2. The summed E-state index contributed by atoms with van der Waals surface area (Å²) in [5.41, 5.74) is -0.800. The Bertz CT molecular complexity index is 454. The Morgan fingerprint density at radius 1 is 1.38 bits per heavy atom. The number of benzene rings is 1. The molecule has 0 saturated carbocycles. The van der Waals surface area contributed by atoms with Crippen molar-refractivity contribution < 1.29 is 23.1 Å². The maximum atomic E-state index is 12.6. The molecule has 0 unspecified atom stereocenters. The summed E-state index contributed by atoms with van der Waals surface area (Å²) in [6, 6.07) is 1.96. The minimum absolute atomic E-state index is 0.477. The van der Waals surface area contributed by atoms with Crippen molar-refractivity contribution in [1.82, 2.24) is 0 Å². The number of rotatable bonds is 1. The van der Waals surface area contributed by atoms with Crippen LogP contribution in [0.4, 0.5) is 18.9 Å². The lowest BCUT2D eigenvalue weighted by Gasteiger charge is -2.12. The fraction of sp³-hybridized carbons (Fsp3) is 0.300. The van der Waals surface area contributed by atoms with Crippen LogP contribution in [0.1, 0.15) is 21.5 Å². The largest absolute Gasteiger partial charge is 0.478 e. The molecule has 0 aliphatic carbocycles. The lowest BCUT2D eigenvalue weighted by atomic mass is 10.0. The number of alkyl halides is 3. The lowest BCUT2D eigenvalue weighted by Crippen LogP contribution is -2.13. The number of halogens is 3. The second kappa shape index (κ2) is 3.40. The van der Waals surface area contributed by atoms with Crippen molar-refractivity contribution in [3.05, 3.63) is 28.8 Å². The normalized spacial score (nSPS) is 14.4. The number of hydrogen-bond donors (Lipinski definition) is 2. The van der Waals surface area contributed by atoms with Crippen LogP contribution >= 0.6 is 0 Å². The van der Waals surface area contributed by atoms with Gasteiger partial charge >= 0.3 is 12.1 Å². The van der Waals surface area contributed by atoms with Crippen molar-refractivity contribution in [3.63, 3.8) is 0 Å². The van der Waals surface area contributed by atoms with E-state index in [2.05, 4.69) is 5.32 Å². The van der Waals surface area contributed by atoms with E-state index < -0.39 is 23.3 Å². The maximum absolute atomic E-state index is 12.6. The monoisotopic (exact) mass is 231 g/mol. The number of nitrogens with one attached hydrogen (secondary N) is 1. The zero-order valence-corrected chi connectivity index (χ0v) is 8.06. The van der Waals surface area contributed by atoms with E-state index in [9.17, 15) is 18.0 Å². The topological polar surface area (TPSA) is 49.3 Å². The molecule has 3 nitrogen and oxygen atoms in total. The van der Waals surface area contributed by atoms with Crippen LogP contribution < -0.4 is 5.32 Å². The molecular formula is C10H8F3NO2. The van der Waals surface area contributed by atoms with Gasteiger partial charge in [-0.2, -0.15) is 13.2 Å². The van der Waals surface area contributed by atoms with Crippen LogP contribution in [0.3, 0.4) is 0 Å². The third-order valence-electron chi connectivity index (χ3n) is 2.49. The quantitative estimate of drug-likeness (QED) is 0.780. The Kier molecular flexibility index (Phi) is 2.29. The highest BCUT2D eigenvalue weighted by atomic mass is 19.4. The molecule has 0 amide bonds. The third-order valence-corrected chi connectivity index (χ3v) is 2.49. The summed E-state index contributed by atoms with van der Waals surface area (Å²) >= 11 is 0. The molecule has 0 bridgehead atoms. The number of carboxylic acid groups (broad SMARTS) is 1. The second-order valence-corrected chi connectivity index (χ2v) is 3.53. The Labute approximate surface area is 88.9 Å². The first-order chi connectivity index (χ1) is 7.39. The van der Waals surface area contributed by atoms with Gasteiger partial charge < -0.3 is 10.4 Å². The van der Waals surface area contributed by atoms with Crippen LogP contribution in [0, 0.1) is 0 Å². The molecule has 1 aliphatic heterocycles. The standard InChI is InChI=1S/C10H8F3NO2/c11-10(12,13)7-3-5-1-2-14-8(5)4-6(7)9(15)16/h3-4,14H,1-2H2,(H,15,16). The van der Waals surface area contributed by atoms with Gasteiger partial charge in [-0.25, -0.2) is 4.79 Å². The molecule has 2 N–H and O–H groups in total. The zero-order chi connectivity index (χ0) is 11.9. The molecule has 16 heavy (non-hydrogen) atoms. The van der Waals surface area contributed by atoms with Crippen molar-refractivity contribution in [3.8, 4) is 0 Å². The Morgan fingerprint density at radius 2 is 2.06 bits per heavy atom. The average molecular weight is 231 g/mol. The molecule has 1 aromatic carbocycles. The van der Waals surface area contributed by atoms with E-state index in [1.54, 1.807) is 0 Å². The van der Waals surface area contributed by atoms with Gasteiger partial charge in [0.1, 0.15) is 0 Å². The van der Waals surface area contributed by atoms with E-state index in [4.69, 9.17) is 5.11 Å². The number of anilines is 1. The molecule has 1 heterocycles. The molecule has 2 rings (SSSR count). The van der Waals surface area contributed by atoms with Crippen LogP contribution in [0.25, 0.3) is 0 Å². The Hall–Kier alpha value is -1.72. The second-order valence-electron chi connectivity index (χ2n) is 3.53. The molecule has 0 saturated heterocycles. The van der Waals surface area contributed by atoms with Crippen LogP contribution in [0.15, 0.2) is 12.1 Å². The number of hydrogen-bond acceptors (Lipinski definition) is 2. The maximum Gasteiger partial charge on any atom is 0.417 e. The van der Waals surface area contributed by atoms with Crippen molar-refractivity contribution in [2.75, 3.05) is 11.9 Å². The van der Waals surface area contributed by atoms with E-state index >= 15 is 0 Å². The molecule has 0 spiro atoms. The van der Waals surface area contributed by atoms with Crippen LogP contribution in [0.5, 0.6) is 0 Å². The molecule has 0 fully saturated rings. The van der Waals surface area contributed by atoms with Crippen molar-refractivity contribution >= 4 is 11.7 Å². The predicted molar refractivity (Wildman–Crippen MR) is 50.6 cm³/mol. The van der Waals surface area contributed by atoms with Gasteiger partial charge in [0.05, 0.1) is 11.1 Å². The van der Waals surface area contributed by atoms with Crippen LogP contribution in [-0.4, -0.2) is 17.6 Å². The van der Waals surface area contributed by atoms with E-state index in [-0.39, 0.29) is 0 Å². The van der Waals surface area contributed by atoms with Gasteiger partial charge in [0.25, 0.3) is 0 Å². The number of carboxylic acids is 1. The zero-order valence-electron chi connectivity index (χ0n) is 8.06. The van der Waals surface area contributed by atoms with E-state index in [0.29, 0.717) is 24.2 Å². The molecule has 6 heteroatoms. The molecule has 0 radical (unpaired) electrons. The summed E-state index contributed by atoms with van der Waals surface area (Å²) < 4.78 is 37.8. The van der Waals surface area contributed by atoms with Crippen LogP contribution in [0.2, 0.25) is 0 Å². The van der Waals surface area contributed by atoms with Gasteiger partial charge in [-0.1, -0.05) is 0 Å². The highest BCUT2D eigenvalue weighted by Crippen LogP contribution is 2.36. The smallest absolute Gasteiger partial charge is 0.417 e. The van der Waals surface area contributed by atoms with E-state index in [0.717, 1.165) is 12.1 Å². The highest BCUT2D eigenvalue weighted by molar-refractivity contribution is 5.91. The van der Waals surface area contributed by atoms with Gasteiger partial charge in [-0.15, -0.1) is 0 Å². The number of aromatic carboxylic acids is 1. The summed E-state index contributed by atoms with van der Waals surface area (Å²) in [4.78, 5) is 10.7. The van der Waals surface area contributed by atoms with E-state index in [1.165, 1.54) is 0 Å². The minimum atomic E-state index is -4.63. The van der Waals surface area contributed by atoms with Gasteiger partial charge in [0.15, 0.2) is 0 Å². The summed E-state index contributed by atoms with van der Waals surface area (Å²) in [5.74, 6) is -1.57. The molecule has 1 aliphatic rings. The average Bonchev–Trinajstić information content (AvgIpc) is 2.60. The van der Waals surface area contributed by atoms with Crippen molar-refractivity contribution in [1.29, 1.82) is 0 Å². The van der Waals surface area contributed by atoms with Gasteiger partial charge in [-0.05, 0) is 24.1 Å². The third kappa shape index (κ3) is 1.70. The fourth-order valence-electron chi connectivity index (χ4n) is 1.76. The number of fused-ring (bicyclic) bond motifs is 1. The summed E-state index contributed by atoms with van der Waals surface area (Å²) in [6.07, 6.45) is -4.15. The minimum Gasteiger partial charge on any atom is -0.478 e. The molecular weight excluding hydrogens is 223 g/mol. The summed E-state index contributed by atoms with van der Waals surface area (Å²) in [7, 11) is 0. The Morgan fingerprint density at radius 3 is 2.62 bits per heavy atom. The lowest BCUT2D eigenvalue weighted by molar-refractivity contribution is -0.138. The summed E-state index contributed by atoms with van der Waals surface area (Å²) in [6.45, 7) is 0.537. The Balaban J connectivity index is 2.62. The highest BCUT2D eigenvalue weighted by Gasteiger charge is 2.36. The predicted octanol–water partition coefficient (Wildman–Crippen LogP) is 2.37. The molecule has 0 aromatic heterocycles. The first kappa shape index (κ1) is 10.8. The van der Waals surface area contributed by atoms with Gasteiger partial charge in [-0.3, -0.25) is 0 Å².